The van der Waals surface area contributed by atoms with Gasteiger partial charge in [-0.3, -0.25) is 0 Å². The van der Waals surface area contributed by atoms with Crippen LogP contribution in [0, 0.1) is 22.7 Å². The average Bonchev–Trinajstić information content (AvgIpc) is 2.01. The lowest BCUT2D eigenvalue weighted by molar-refractivity contribution is 0.283. The molecule has 0 fully saturated rings. The Balaban J connectivity index is 1.16. The van der Waals surface area contributed by atoms with Crippen LogP contribution in [-0.4, -0.2) is 6.71 Å². The number of para-hydroxylation sites is 2. The van der Waals surface area contributed by atoms with Gasteiger partial charge in [-0.05, 0) is 170 Å². The second-order valence-corrected chi connectivity index (χ2v) is 29.8. The van der Waals surface area contributed by atoms with Gasteiger partial charge >= 0.3 is 0 Å². The Morgan fingerprint density at radius 3 is 1.67 bits per heavy atom. The molecular formula is C73H78BN3S. The fourth-order valence-electron chi connectivity index (χ4n) is 15.4. The number of nitrogens with zero attached hydrogens (tertiary/aromatic N) is 3. The Hall–Kier alpha value is -6.30. The van der Waals surface area contributed by atoms with E-state index in [0.717, 1.165) is 37.1 Å². The van der Waals surface area contributed by atoms with E-state index >= 15 is 0 Å². The zero-order chi connectivity index (χ0) is 54.2. The van der Waals surface area contributed by atoms with Gasteiger partial charge in [0.15, 0.2) is 0 Å². The summed E-state index contributed by atoms with van der Waals surface area (Å²) in [7, 11) is 0. The summed E-state index contributed by atoms with van der Waals surface area (Å²) in [4.78, 5) is 8.17. The van der Waals surface area contributed by atoms with E-state index in [1.165, 1.54) is 112 Å². The molecule has 3 aliphatic heterocycles. The predicted octanol–water partition coefficient (Wildman–Crippen LogP) is 18.4. The quantitative estimate of drug-likeness (QED) is 0.159. The number of rotatable bonds is 5. The molecule has 5 heteroatoms. The predicted molar refractivity (Wildman–Crippen MR) is 337 cm³/mol. The van der Waals surface area contributed by atoms with E-state index in [4.69, 9.17) is 0 Å². The minimum atomic E-state index is -0.133. The average molecular weight is 1040 g/mol. The van der Waals surface area contributed by atoms with Crippen molar-refractivity contribution in [2.75, 3.05) is 14.7 Å². The SMILES string of the molecule is CC1(C)CCC(C)(C)c2cc3c4c(sc3cc21)B1c2ccc3c5c2N(C2=CCC(C(C)(C)C)C=C2C5(C)CCC3(C)C)c2cc(N(c3ccccc3)c3ccccc3)cc(c21)N4C1=CCC(C(C)(C)C)C=C1c1ccccc1. The third kappa shape index (κ3) is 7.27. The molecule has 0 radical (unpaired) electrons. The highest BCUT2D eigenvalue weighted by molar-refractivity contribution is 7.33. The number of allylic oxidation sites excluding steroid dienone is 6. The lowest BCUT2D eigenvalue weighted by atomic mass is 9.35. The van der Waals surface area contributed by atoms with Crippen LogP contribution in [-0.2, 0) is 21.7 Å². The zero-order valence-corrected chi connectivity index (χ0v) is 49.5. The molecule has 6 aromatic carbocycles. The molecule has 0 saturated carbocycles. The van der Waals surface area contributed by atoms with Gasteiger partial charge in [0.2, 0.25) is 0 Å². The van der Waals surface area contributed by atoms with Crippen molar-refractivity contribution >= 4 is 89.2 Å². The lowest BCUT2D eigenvalue weighted by Crippen LogP contribution is -2.63. The largest absolute Gasteiger partial charge is 0.311 e. The van der Waals surface area contributed by atoms with Crippen molar-refractivity contribution in [3.8, 4) is 0 Å². The second kappa shape index (κ2) is 16.9. The number of hydrogen-bond donors (Lipinski definition) is 0. The van der Waals surface area contributed by atoms with Gasteiger partial charge in [-0.1, -0.05) is 193 Å². The Labute approximate surface area is 470 Å². The maximum Gasteiger partial charge on any atom is 0.264 e. The first-order valence-corrected chi connectivity index (χ1v) is 30.3. The molecule has 3 atom stereocenters. The first-order valence-electron chi connectivity index (χ1n) is 29.4. The number of anilines is 7. The molecule has 4 heterocycles. The smallest absolute Gasteiger partial charge is 0.264 e. The summed E-state index contributed by atoms with van der Waals surface area (Å²) < 4.78 is 2.88. The molecule has 0 N–H and O–H groups in total. The highest BCUT2D eigenvalue weighted by Gasteiger charge is 2.56. The summed E-state index contributed by atoms with van der Waals surface area (Å²) >= 11 is 2.09. The van der Waals surface area contributed by atoms with Crippen LogP contribution in [0.25, 0.3) is 15.7 Å². The highest BCUT2D eigenvalue weighted by Crippen LogP contribution is 2.63. The molecule has 14 rings (SSSR count). The Morgan fingerprint density at radius 1 is 0.538 bits per heavy atom. The molecule has 0 bridgehead atoms. The molecule has 78 heavy (non-hydrogen) atoms. The molecule has 0 saturated heterocycles. The fraction of sp³-hybridized carbons (Fsp3) is 0.370. The summed E-state index contributed by atoms with van der Waals surface area (Å²) in [5, 5.41) is 1.39. The minimum absolute atomic E-state index is 0.0196. The third-order valence-electron chi connectivity index (χ3n) is 20.4. The van der Waals surface area contributed by atoms with E-state index in [-0.39, 0.29) is 39.2 Å². The summed E-state index contributed by atoms with van der Waals surface area (Å²) in [6.45, 7) is 32.3. The van der Waals surface area contributed by atoms with Crippen molar-refractivity contribution in [3.05, 3.63) is 196 Å². The molecule has 0 amide bonds. The summed E-state index contributed by atoms with van der Waals surface area (Å²) in [6, 6.07) is 49.4. The van der Waals surface area contributed by atoms with E-state index < -0.39 is 0 Å². The van der Waals surface area contributed by atoms with E-state index in [1.807, 2.05) is 0 Å². The molecule has 7 aromatic rings. The number of hydrogen-bond acceptors (Lipinski definition) is 4. The van der Waals surface area contributed by atoms with E-state index in [0.29, 0.717) is 11.8 Å². The second-order valence-electron chi connectivity index (χ2n) is 28.7. The summed E-state index contributed by atoms with van der Waals surface area (Å²) in [6.07, 6.45) is 17.4. The van der Waals surface area contributed by atoms with E-state index in [9.17, 15) is 0 Å². The monoisotopic (exact) mass is 1040 g/mol. The van der Waals surface area contributed by atoms with Crippen LogP contribution in [0.15, 0.2) is 169 Å². The van der Waals surface area contributed by atoms with E-state index in [2.05, 4.69) is 268 Å². The molecule has 7 aliphatic rings. The summed E-state index contributed by atoms with van der Waals surface area (Å²) in [5.74, 6) is 0.816. The van der Waals surface area contributed by atoms with Crippen LogP contribution in [0.2, 0.25) is 0 Å². The third-order valence-corrected chi connectivity index (χ3v) is 21.6. The van der Waals surface area contributed by atoms with Crippen LogP contribution < -0.4 is 30.4 Å². The van der Waals surface area contributed by atoms with Gasteiger partial charge in [0.05, 0.1) is 11.4 Å². The first-order chi connectivity index (χ1) is 37.0. The van der Waals surface area contributed by atoms with Crippen molar-refractivity contribution in [1.29, 1.82) is 0 Å². The minimum Gasteiger partial charge on any atom is -0.311 e. The van der Waals surface area contributed by atoms with Crippen LogP contribution in [0.4, 0.5) is 39.8 Å². The Bertz CT molecular complexity index is 3740. The summed E-state index contributed by atoms with van der Waals surface area (Å²) in [5.41, 5.74) is 24.9. The van der Waals surface area contributed by atoms with Gasteiger partial charge in [-0.25, -0.2) is 0 Å². The van der Waals surface area contributed by atoms with Gasteiger partial charge in [0.1, 0.15) is 0 Å². The van der Waals surface area contributed by atoms with Crippen LogP contribution >= 0.6 is 11.3 Å². The molecule has 394 valence electrons. The number of fused-ring (bicyclic) bond motifs is 10. The molecule has 4 aliphatic carbocycles. The van der Waals surface area contributed by atoms with Crippen molar-refractivity contribution in [2.24, 2.45) is 22.7 Å². The molecule has 1 aromatic heterocycles. The fourth-order valence-corrected chi connectivity index (χ4v) is 16.8. The molecule has 3 nitrogen and oxygen atoms in total. The van der Waals surface area contributed by atoms with Gasteiger partial charge < -0.3 is 14.7 Å². The number of benzene rings is 6. The van der Waals surface area contributed by atoms with Crippen molar-refractivity contribution in [2.45, 2.75) is 150 Å². The molecular weight excluding hydrogens is 962 g/mol. The maximum atomic E-state index is 2.83. The van der Waals surface area contributed by atoms with Gasteiger partial charge in [0, 0.05) is 65.7 Å². The van der Waals surface area contributed by atoms with Crippen LogP contribution in [0.3, 0.4) is 0 Å². The van der Waals surface area contributed by atoms with Crippen molar-refractivity contribution < 1.29 is 0 Å². The van der Waals surface area contributed by atoms with Gasteiger partial charge in [-0.15, -0.1) is 11.3 Å². The lowest BCUT2D eigenvalue weighted by Gasteiger charge is -2.56. The maximum absolute atomic E-state index is 2.83. The van der Waals surface area contributed by atoms with Gasteiger partial charge in [-0.2, -0.15) is 0 Å². The van der Waals surface area contributed by atoms with E-state index in [1.54, 1.807) is 5.56 Å². The number of thiophene rings is 1. The topological polar surface area (TPSA) is 9.72 Å². The zero-order valence-electron chi connectivity index (χ0n) is 48.7. The Morgan fingerprint density at radius 2 is 1.06 bits per heavy atom. The van der Waals surface area contributed by atoms with Crippen molar-refractivity contribution in [1.82, 2.24) is 0 Å². The molecule has 3 unspecified atom stereocenters. The highest BCUT2D eigenvalue weighted by atomic mass is 32.1. The molecule has 0 spiro atoms. The van der Waals surface area contributed by atoms with Gasteiger partial charge in [0.25, 0.3) is 6.71 Å². The standard InChI is InChI=1S/C73H78BN3S/c1-68(2,3)46-29-33-58(51(39-46)45-23-17-14-18-24-45)76-60-41-50(75(48-25-19-15-20-26-48)49-27-21-16-22-28-49)42-61-64(60)74(67-65(76)52-43-54-55(44-62(52)78-67)72(11,12)36-35-71(54,9)10)57-32-31-53-63-66(57)77(61)59-34-30-47(69(4,5)6)40-56(59)73(63,13)38-37-70(53,7)8/h14-28,31-34,39-44,46-47H,29-30,35-38H2,1-13H3. The van der Waals surface area contributed by atoms with Crippen LogP contribution in [0.1, 0.15) is 156 Å². The van der Waals surface area contributed by atoms with Crippen molar-refractivity contribution in [3.63, 3.8) is 0 Å². The first kappa shape index (κ1) is 50.0. The normalized spacial score (nSPS) is 23.0. The van der Waals surface area contributed by atoms with Crippen LogP contribution in [0.5, 0.6) is 0 Å². The Kier molecular flexibility index (Phi) is 10.8.